The van der Waals surface area contributed by atoms with Crippen LogP contribution in [0.5, 0.6) is 0 Å². The number of unbranched alkanes of at least 4 members (excludes halogenated alkanes) is 16. The van der Waals surface area contributed by atoms with Gasteiger partial charge in [-0.05, 0) is 95.9 Å². The van der Waals surface area contributed by atoms with Gasteiger partial charge in [-0.15, -0.1) is 0 Å². The Kier molecular flexibility index (Phi) is 22.8. The molecule has 0 N–H and O–H groups in total. The molecule has 67 heavy (non-hydrogen) atoms. The van der Waals surface area contributed by atoms with E-state index in [-0.39, 0.29) is 12.2 Å². The molecule has 0 bridgehead atoms. The van der Waals surface area contributed by atoms with Gasteiger partial charge in [-0.3, -0.25) is 0 Å². The van der Waals surface area contributed by atoms with E-state index >= 15 is 0 Å². The molecule has 0 amide bonds. The lowest BCUT2D eigenvalue weighted by Crippen LogP contribution is -2.14. The summed E-state index contributed by atoms with van der Waals surface area (Å²) in [7, 11) is 0. The van der Waals surface area contributed by atoms with Gasteiger partial charge in [-0.25, -0.2) is 19.9 Å². The quantitative estimate of drug-likeness (QED) is 0.0395. The lowest BCUT2D eigenvalue weighted by atomic mass is 9.95. The average Bonchev–Trinajstić information content (AvgIpc) is 3.38. The van der Waals surface area contributed by atoms with Crippen LogP contribution in [0.2, 0.25) is 0 Å². The topological polar surface area (TPSA) is 60.8 Å². The molecular formula is C62H82N4O. The number of nitrogens with zero attached hydrogens (tertiary/aromatic N) is 4. The molecular weight excluding hydrogens is 817 g/mol. The van der Waals surface area contributed by atoms with E-state index in [4.69, 9.17) is 24.7 Å². The van der Waals surface area contributed by atoms with Crippen LogP contribution in [-0.2, 0) is 30.4 Å². The summed E-state index contributed by atoms with van der Waals surface area (Å²) < 4.78 is 7.52. The molecule has 6 aromatic rings. The maximum Gasteiger partial charge on any atom is 0.159 e. The number of rotatable bonds is 32. The van der Waals surface area contributed by atoms with Crippen molar-refractivity contribution in [2.75, 3.05) is 0 Å². The van der Waals surface area contributed by atoms with Crippen molar-refractivity contribution in [3.8, 4) is 22.8 Å². The van der Waals surface area contributed by atoms with Gasteiger partial charge in [0, 0.05) is 35.9 Å². The minimum atomic E-state index is -0.316. The fourth-order valence-corrected chi connectivity index (χ4v) is 9.16. The molecule has 2 aromatic heterocycles. The summed E-state index contributed by atoms with van der Waals surface area (Å²) in [6.45, 7) is 9.08. The molecule has 0 saturated heterocycles. The molecule has 0 aliphatic heterocycles. The number of hydrogen-bond donors (Lipinski definition) is 0. The van der Waals surface area contributed by atoms with Crippen LogP contribution >= 0.6 is 0 Å². The first-order chi connectivity index (χ1) is 33.1. The van der Waals surface area contributed by atoms with Gasteiger partial charge in [0.2, 0.25) is 0 Å². The van der Waals surface area contributed by atoms with Crippen LogP contribution in [0.25, 0.3) is 22.8 Å². The summed E-state index contributed by atoms with van der Waals surface area (Å²) in [4.78, 5) is 19.2. The Balaban J connectivity index is 1.27. The zero-order valence-corrected chi connectivity index (χ0v) is 41.9. The Morgan fingerprint density at radius 1 is 0.299 bits per heavy atom. The first-order valence-electron chi connectivity index (χ1n) is 26.7. The van der Waals surface area contributed by atoms with E-state index in [9.17, 15) is 0 Å². The zero-order chi connectivity index (χ0) is 46.7. The van der Waals surface area contributed by atoms with Crippen molar-refractivity contribution in [3.63, 3.8) is 0 Å². The molecule has 2 unspecified atom stereocenters. The molecule has 0 spiro atoms. The van der Waals surface area contributed by atoms with Crippen LogP contribution < -0.4 is 0 Å². The number of aryl methyl sites for hydroxylation is 4. The number of ether oxygens (including phenoxy) is 1. The molecule has 356 valence electrons. The second-order valence-corrected chi connectivity index (χ2v) is 19.1. The number of aromatic nitrogens is 4. The Morgan fingerprint density at radius 3 is 0.866 bits per heavy atom. The minimum Gasteiger partial charge on any atom is -0.356 e. The fourth-order valence-electron chi connectivity index (χ4n) is 9.16. The van der Waals surface area contributed by atoms with Gasteiger partial charge >= 0.3 is 0 Å². The summed E-state index contributed by atoms with van der Waals surface area (Å²) >= 11 is 0. The minimum absolute atomic E-state index is 0.316. The van der Waals surface area contributed by atoms with Gasteiger partial charge in [-0.1, -0.05) is 227 Å². The molecule has 5 heteroatoms. The highest BCUT2D eigenvalue weighted by Gasteiger charge is 2.24. The Morgan fingerprint density at radius 2 is 0.552 bits per heavy atom. The standard InChI is InChI=1S/C62H82N4O/c1-5-9-13-17-19-23-25-49-29-33-53(34-30-49)59(55-37-41-57(42-38-55)61-63-45-51(46-64-61)27-21-15-11-7-3)67-60(54-35-31-50(32-36-54)26-24-20-18-14-10-6-2)56-39-43-58(44-40-56)62-65-47-52(48-66-62)28-22-16-12-8-4/h29-48,59-60H,5-28H2,1-4H3. The second-order valence-electron chi connectivity index (χ2n) is 19.1. The SMILES string of the molecule is CCCCCCCCc1ccc(C(OC(c2ccc(CCCCCCCC)cc2)c2ccc(-c3ncc(CCCCCC)cn3)cc2)c2ccc(-c3ncc(CCCCCC)cn3)cc2)cc1. The summed E-state index contributed by atoms with van der Waals surface area (Å²) in [5.41, 5.74) is 11.7. The van der Waals surface area contributed by atoms with E-state index in [1.54, 1.807) is 0 Å². The van der Waals surface area contributed by atoms with Gasteiger partial charge in [0.1, 0.15) is 12.2 Å². The van der Waals surface area contributed by atoms with E-state index in [2.05, 4.69) is 125 Å². The molecule has 0 aliphatic carbocycles. The lowest BCUT2D eigenvalue weighted by molar-refractivity contribution is 0.0308. The first-order valence-corrected chi connectivity index (χ1v) is 26.7. The van der Waals surface area contributed by atoms with Crippen LogP contribution in [-0.4, -0.2) is 19.9 Å². The zero-order valence-electron chi connectivity index (χ0n) is 41.9. The van der Waals surface area contributed by atoms with Crippen LogP contribution in [0.3, 0.4) is 0 Å². The van der Waals surface area contributed by atoms with Gasteiger partial charge in [0.05, 0.1) is 0 Å². The highest BCUT2D eigenvalue weighted by molar-refractivity contribution is 5.57. The maximum absolute atomic E-state index is 7.52. The van der Waals surface area contributed by atoms with Crippen molar-refractivity contribution in [2.24, 2.45) is 0 Å². The average molecular weight is 899 g/mol. The number of hydrogen-bond acceptors (Lipinski definition) is 5. The molecule has 5 nitrogen and oxygen atoms in total. The summed E-state index contributed by atoms with van der Waals surface area (Å²) in [5, 5.41) is 0. The van der Waals surface area contributed by atoms with Crippen LogP contribution in [0.4, 0.5) is 0 Å². The van der Waals surface area contributed by atoms with Crippen molar-refractivity contribution in [1.29, 1.82) is 0 Å². The van der Waals surface area contributed by atoms with Crippen LogP contribution in [0.15, 0.2) is 122 Å². The van der Waals surface area contributed by atoms with Gasteiger partial charge < -0.3 is 4.74 Å². The molecule has 2 heterocycles. The maximum atomic E-state index is 7.52. The molecule has 2 atom stereocenters. The fraction of sp³-hybridized carbons (Fsp3) is 0.484. The molecule has 0 radical (unpaired) electrons. The molecule has 0 aliphatic rings. The summed E-state index contributed by atoms with van der Waals surface area (Å²) in [6, 6.07) is 35.9. The van der Waals surface area contributed by atoms with Crippen LogP contribution in [0, 0.1) is 0 Å². The Hall–Kier alpha value is -5.00. The first kappa shape index (κ1) is 51.4. The van der Waals surface area contributed by atoms with Crippen LogP contribution in [0.1, 0.15) is 213 Å². The lowest BCUT2D eigenvalue weighted by Gasteiger charge is -2.27. The predicted molar refractivity (Wildman–Crippen MR) is 282 cm³/mol. The highest BCUT2D eigenvalue weighted by Crippen LogP contribution is 2.38. The van der Waals surface area contributed by atoms with Crippen molar-refractivity contribution < 1.29 is 4.74 Å². The molecule has 0 fully saturated rings. The van der Waals surface area contributed by atoms with E-state index < -0.39 is 0 Å². The highest BCUT2D eigenvalue weighted by atomic mass is 16.5. The summed E-state index contributed by atoms with van der Waals surface area (Å²) in [5.74, 6) is 1.51. The smallest absolute Gasteiger partial charge is 0.159 e. The van der Waals surface area contributed by atoms with E-state index in [1.807, 2.05) is 24.8 Å². The third-order valence-corrected chi connectivity index (χ3v) is 13.5. The van der Waals surface area contributed by atoms with E-state index in [0.29, 0.717) is 0 Å². The largest absolute Gasteiger partial charge is 0.356 e. The van der Waals surface area contributed by atoms with E-state index in [1.165, 1.54) is 151 Å². The molecule has 6 rings (SSSR count). The monoisotopic (exact) mass is 899 g/mol. The predicted octanol–water partition coefficient (Wildman–Crippen LogP) is 17.5. The van der Waals surface area contributed by atoms with Crippen molar-refractivity contribution in [3.05, 3.63) is 166 Å². The van der Waals surface area contributed by atoms with Gasteiger partial charge in [0.15, 0.2) is 11.6 Å². The van der Waals surface area contributed by atoms with Crippen molar-refractivity contribution in [2.45, 2.75) is 194 Å². The van der Waals surface area contributed by atoms with Gasteiger partial charge in [0.25, 0.3) is 0 Å². The van der Waals surface area contributed by atoms with E-state index in [0.717, 1.165) is 70.7 Å². The number of benzene rings is 4. The van der Waals surface area contributed by atoms with Crippen molar-refractivity contribution in [1.82, 2.24) is 19.9 Å². The summed E-state index contributed by atoms with van der Waals surface area (Å²) in [6.07, 6.45) is 37.2. The second kappa shape index (κ2) is 29.7. The Bertz CT molecular complexity index is 2040. The third kappa shape index (κ3) is 17.2. The normalized spacial score (nSPS) is 12.4. The molecule has 0 saturated carbocycles. The molecule has 4 aromatic carbocycles. The Labute approximate surface area is 406 Å². The third-order valence-electron chi connectivity index (χ3n) is 13.5. The van der Waals surface area contributed by atoms with Gasteiger partial charge in [-0.2, -0.15) is 0 Å². The van der Waals surface area contributed by atoms with Crippen molar-refractivity contribution >= 4 is 0 Å².